The molecule has 0 saturated carbocycles. The van der Waals surface area contributed by atoms with E-state index in [0.717, 1.165) is 12.1 Å². The zero-order valence-electron chi connectivity index (χ0n) is 13.6. The molecule has 2 heterocycles. The average molecular weight is 342 g/mol. The number of fused-ring (bicyclic) bond motifs is 1. The van der Waals surface area contributed by atoms with Gasteiger partial charge >= 0.3 is 0 Å². The Labute approximate surface area is 143 Å². The molecule has 0 aliphatic rings. The van der Waals surface area contributed by atoms with Crippen LogP contribution in [0.5, 0.6) is 0 Å². The Kier molecular flexibility index (Phi) is 5.05. The Hall–Kier alpha value is -2.48. The van der Waals surface area contributed by atoms with Gasteiger partial charge in [-0.15, -0.1) is 5.10 Å². The van der Waals surface area contributed by atoms with Crippen molar-refractivity contribution in [2.45, 2.75) is 31.8 Å². The maximum Gasteiger partial charge on any atom is 0.234 e. The summed E-state index contributed by atoms with van der Waals surface area (Å²) in [6, 6.07) is 7.85. The van der Waals surface area contributed by atoms with E-state index in [4.69, 9.17) is 0 Å². The minimum absolute atomic E-state index is 0.0844. The van der Waals surface area contributed by atoms with E-state index < -0.39 is 0 Å². The summed E-state index contributed by atoms with van der Waals surface area (Å²) in [7, 11) is 0. The second-order valence-corrected chi connectivity index (χ2v) is 6.11. The fraction of sp³-hybridized carbons (Fsp3) is 0.312. The van der Waals surface area contributed by atoms with Gasteiger partial charge in [-0.05, 0) is 31.0 Å². The lowest BCUT2D eigenvalue weighted by molar-refractivity contribution is -0.113. The quantitative estimate of drug-likeness (QED) is 0.547. The fourth-order valence-corrected chi connectivity index (χ4v) is 2.98. The number of rotatable bonds is 6. The number of hydrogen-bond acceptors (Lipinski definition) is 6. The lowest BCUT2D eigenvalue weighted by Gasteiger charge is -2.06. The first-order valence-electron chi connectivity index (χ1n) is 7.77. The lowest BCUT2D eigenvalue weighted by atomic mass is 10.1. The Morgan fingerprint density at radius 1 is 1.21 bits per heavy atom. The van der Waals surface area contributed by atoms with Gasteiger partial charge < -0.3 is 5.32 Å². The molecule has 7 nitrogen and oxygen atoms in total. The predicted molar refractivity (Wildman–Crippen MR) is 94.0 cm³/mol. The van der Waals surface area contributed by atoms with Crippen molar-refractivity contribution in [1.29, 1.82) is 0 Å². The van der Waals surface area contributed by atoms with Crippen LogP contribution < -0.4 is 5.32 Å². The highest BCUT2D eigenvalue weighted by Gasteiger charge is 2.13. The molecular weight excluding hydrogens is 324 g/mol. The fourth-order valence-electron chi connectivity index (χ4n) is 2.24. The van der Waals surface area contributed by atoms with Crippen LogP contribution in [0, 0.1) is 0 Å². The van der Waals surface area contributed by atoms with E-state index in [1.165, 1.54) is 23.7 Å². The van der Waals surface area contributed by atoms with Crippen molar-refractivity contribution in [1.82, 2.24) is 25.0 Å². The summed E-state index contributed by atoms with van der Waals surface area (Å²) >= 11 is 1.33. The van der Waals surface area contributed by atoms with Crippen LogP contribution in [0.2, 0.25) is 0 Å². The number of anilines is 1. The second kappa shape index (κ2) is 7.39. The SMILES string of the molecule is CCc1ccc(NC(=O)CSc2ncnc3c2nnn3CC)cc1. The number of amides is 1. The zero-order chi connectivity index (χ0) is 16.9. The molecule has 24 heavy (non-hydrogen) atoms. The van der Waals surface area contributed by atoms with Gasteiger partial charge in [0.25, 0.3) is 0 Å². The van der Waals surface area contributed by atoms with Crippen molar-refractivity contribution in [3.05, 3.63) is 36.2 Å². The third kappa shape index (κ3) is 3.53. The topological polar surface area (TPSA) is 85.6 Å². The van der Waals surface area contributed by atoms with Crippen LogP contribution in [0.4, 0.5) is 5.69 Å². The normalized spacial score (nSPS) is 10.9. The number of aromatic nitrogens is 5. The van der Waals surface area contributed by atoms with E-state index in [2.05, 4.69) is 32.5 Å². The van der Waals surface area contributed by atoms with Gasteiger partial charge in [-0.25, -0.2) is 14.6 Å². The van der Waals surface area contributed by atoms with Crippen LogP contribution >= 0.6 is 11.8 Å². The minimum Gasteiger partial charge on any atom is -0.325 e. The molecule has 0 spiro atoms. The molecule has 0 atom stereocenters. The molecule has 3 rings (SSSR count). The van der Waals surface area contributed by atoms with Crippen LogP contribution in [0.25, 0.3) is 11.2 Å². The molecule has 0 radical (unpaired) electrons. The molecule has 0 aliphatic carbocycles. The predicted octanol–water partition coefficient (Wildman–Crippen LogP) is 2.53. The van der Waals surface area contributed by atoms with Crippen LogP contribution in [0.3, 0.4) is 0 Å². The number of nitrogens with one attached hydrogen (secondary N) is 1. The largest absolute Gasteiger partial charge is 0.325 e. The highest BCUT2D eigenvalue weighted by atomic mass is 32.2. The maximum atomic E-state index is 12.1. The van der Waals surface area contributed by atoms with E-state index in [1.54, 1.807) is 4.68 Å². The summed E-state index contributed by atoms with van der Waals surface area (Å²) in [5.41, 5.74) is 3.35. The van der Waals surface area contributed by atoms with Crippen LogP contribution in [0.1, 0.15) is 19.4 Å². The first-order valence-corrected chi connectivity index (χ1v) is 8.75. The number of nitrogens with zero attached hydrogens (tertiary/aromatic N) is 5. The third-order valence-corrected chi connectivity index (χ3v) is 4.53. The average Bonchev–Trinajstić information content (AvgIpc) is 3.04. The van der Waals surface area contributed by atoms with Crippen molar-refractivity contribution in [3.8, 4) is 0 Å². The van der Waals surface area contributed by atoms with Gasteiger partial charge in [0.1, 0.15) is 11.4 Å². The van der Waals surface area contributed by atoms with Gasteiger partial charge in [0.2, 0.25) is 5.91 Å². The molecular formula is C16H18N6OS. The molecule has 1 N–H and O–H groups in total. The molecule has 1 amide bonds. The molecule has 2 aromatic heterocycles. The summed E-state index contributed by atoms with van der Waals surface area (Å²) in [5, 5.41) is 11.7. The monoisotopic (exact) mass is 342 g/mol. The molecule has 8 heteroatoms. The number of carbonyl (C=O) groups is 1. The number of thioether (sulfide) groups is 1. The number of benzene rings is 1. The molecule has 0 bridgehead atoms. The van der Waals surface area contributed by atoms with Crippen LogP contribution in [-0.4, -0.2) is 36.6 Å². The smallest absolute Gasteiger partial charge is 0.234 e. The number of carbonyl (C=O) groups excluding carboxylic acids is 1. The van der Waals surface area contributed by atoms with Crippen LogP contribution in [-0.2, 0) is 17.8 Å². The van der Waals surface area contributed by atoms with Gasteiger partial charge in [0.15, 0.2) is 11.2 Å². The highest BCUT2D eigenvalue weighted by Crippen LogP contribution is 2.22. The van der Waals surface area contributed by atoms with Crippen molar-refractivity contribution < 1.29 is 4.79 Å². The molecule has 0 unspecified atom stereocenters. The first kappa shape index (κ1) is 16.4. The van der Waals surface area contributed by atoms with E-state index >= 15 is 0 Å². The van der Waals surface area contributed by atoms with Gasteiger partial charge in [0.05, 0.1) is 5.75 Å². The summed E-state index contributed by atoms with van der Waals surface area (Å²) < 4.78 is 1.70. The standard InChI is InChI=1S/C16H18N6OS/c1-3-11-5-7-12(8-6-11)19-13(23)9-24-16-14-15(17-10-18-16)22(4-2)21-20-14/h5-8,10H,3-4,9H2,1-2H3,(H,19,23). The van der Waals surface area contributed by atoms with Gasteiger partial charge in [0, 0.05) is 12.2 Å². The zero-order valence-corrected chi connectivity index (χ0v) is 14.4. The Morgan fingerprint density at radius 3 is 2.71 bits per heavy atom. The van der Waals surface area contributed by atoms with Crippen molar-refractivity contribution in [2.24, 2.45) is 0 Å². The summed E-state index contributed by atoms with van der Waals surface area (Å²) in [4.78, 5) is 20.5. The molecule has 0 aliphatic heterocycles. The number of hydrogen-bond donors (Lipinski definition) is 1. The van der Waals surface area contributed by atoms with E-state index in [0.29, 0.717) is 22.7 Å². The summed E-state index contributed by atoms with van der Waals surface area (Å²) in [6.07, 6.45) is 2.45. The van der Waals surface area contributed by atoms with Gasteiger partial charge in [-0.2, -0.15) is 0 Å². The molecule has 3 aromatic rings. The third-order valence-electron chi connectivity index (χ3n) is 3.55. The van der Waals surface area contributed by atoms with Gasteiger partial charge in [-0.1, -0.05) is 36.0 Å². The lowest BCUT2D eigenvalue weighted by Crippen LogP contribution is -2.14. The van der Waals surface area contributed by atoms with E-state index in [1.807, 2.05) is 31.2 Å². The van der Waals surface area contributed by atoms with Crippen molar-refractivity contribution in [2.75, 3.05) is 11.1 Å². The van der Waals surface area contributed by atoms with E-state index in [9.17, 15) is 4.79 Å². The Balaban J connectivity index is 1.64. The van der Waals surface area contributed by atoms with Crippen molar-refractivity contribution in [3.63, 3.8) is 0 Å². The van der Waals surface area contributed by atoms with E-state index in [-0.39, 0.29) is 11.7 Å². The molecule has 0 saturated heterocycles. The maximum absolute atomic E-state index is 12.1. The van der Waals surface area contributed by atoms with Gasteiger partial charge in [-0.3, -0.25) is 4.79 Å². The highest BCUT2D eigenvalue weighted by molar-refractivity contribution is 8.00. The molecule has 124 valence electrons. The summed E-state index contributed by atoms with van der Waals surface area (Å²) in [6.45, 7) is 4.76. The summed E-state index contributed by atoms with van der Waals surface area (Å²) in [5.74, 6) is 0.166. The Morgan fingerprint density at radius 2 is 2.00 bits per heavy atom. The molecule has 0 fully saturated rings. The minimum atomic E-state index is -0.0844. The second-order valence-electron chi connectivity index (χ2n) is 5.14. The van der Waals surface area contributed by atoms with Crippen LogP contribution in [0.15, 0.2) is 35.6 Å². The first-order chi connectivity index (χ1) is 11.7. The van der Waals surface area contributed by atoms with Crippen molar-refractivity contribution >= 4 is 34.5 Å². The Bertz CT molecular complexity index is 845. The number of aryl methyl sites for hydroxylation is 2. The molecule has 1 aromatic carbocycles.